The molecular weight excluding hydrogens is 148 g/mol. The van der Waals surface area contributed by atoms with Gasteiger partial charge < -0.3 is 5.11 Å². The van der Waals surface area contributed by atoms with Crippen molar-refractivity contribution in [1.82, 2.24) is 0 Å². The van der Waals surface area contributed by atoms with Crippen LogP contribution in [-0.4, -0.2) is 22.7 Å². The molecule has 42 valence electrons. The van der Waals surface area contributed by atoms with E-state index in [0.717, 1.165) is 11.5 Å². The molecule has 1 heterocycles. The molecule has 0 radical (unpaired) electrons. The van der Waals surface area contributed by atoms with Gasteiger partial charge in [0.15, 0.2) is 0 Å². The van der Waals surface area contributed by atoms with Crippen LogP contribution in [-0.2, 0) is 0 Å². The number of hydrogen-bond acceptors (Lipinski definition) is 4. The second kappa shape index (κ2) is 3.12. The summed E-state index contributed by atoms with van der Waals surface area (Å²) in [7, 11) is 5.24. The van der Waals surface area contributed by atoms with Crippen LogP contribution in [0.1, 0.15) is 0 Å². The SMILES string of the molecule is OC1CSSSC1. The number of aliphatic hydroxyl groups excluding tert-OH is 1. The first-order chi connectivity index (χ1) is 3.39. The maximum atomic E-state index is 8.85. The van der Waals surface area contributed by atoms with Gasteiger partial charge in [0.25, 0.3) is 0 Å². The van der Waals surface area contributed by atoms with Crippen molar-refractivity contribution < 1.29 is 5.11 Å². The van der Waals surface area contributed by atoms with Crippen LogP contribution in [0.5, 0.6) is 0 Å². The number of aliphatic hydroxyl groups is 1. The van der Waals surface area contributed by atoms with E-state index in [0.29, 0.717) is 0 Å². The molecule has 0 atom stereocenters. The molecule has 0 bridgehead atoms. The Morgan fingerprint density at radius 3 is 2.14 bits per heavy atom. The summed E-state index contributed by atoms with van der Waals surface area (Å²) < 4.78 is 0. The lowest BCUT2D eigenvalue weighted by Crippen LogP contribution is -2.13. The van der Waals surface area contributed by atoms with Crippen LogP contribution >= 0.6 is 31.4 Å². The van der Waals surface area contributed by atoms with Gasteiger partial charge in [-0.05, 0) is 9.83 Å². The highest BCUT2D eigenvalue weighted by molar-refractivity contribution is 9.09. The Morgan fingerprint density at radius 2 is 1.86 bits per heavy atom. The van der Waals surface area contributed by atoms with Crippen molar-refractivity contribution in [3.05, 3.63) is 0 Å². The first kappa shape index (κ1) is 6.13. The second-order valence-electron chi connectivity index (χ2n) is 1.29. The number of rotatable bonds is 0. The third-order valence-electron chi connectivity index (χ3n) is 0.617. The molecule has 4 heteroatoms. The van der Waals surface area contributed by atoms with Gasteiger partial charge in [-0.25, -0.2) is 0 Å². The molecule has 0 spiro atoms. The third kappa shape index (κ3) is 2.17. The molecule has 1 saturated heterocycles. The van der Waals surface area contributed by atoms with E-state index in [1.807, 2.05) is 0 Å². The van der Waals surface area contributed by atoms with E-state index in [9.17, 15) is 0 Å². The van der Waals surface area contributed by atoms with Crippen molar-refractivity contribution >= 4 is 31.4 Å². The van der Waals surface area contributed by atoms with Gasteiger partial charge in [-0.2, -0.15) is 0 Å². The summed E-state index contributed by atoms with van der Waals surface area (Å²) in [5.41, 5.74) is 0. The van der Waals surface area contributed by atoms with Crippen LogP contribution < -0.4 is 0 Å². The zero-order valence-corrected chi connectivity index (χ0v) is 6.11. The standard InChI is InChI=1S/C3H6OS3/c4-3-1-5-7-6-2-3/h3-4H,1-2H2. The predicted molar refractivity (Wildman–Crippen MR) is 38.5 cm³/mol. The molecule has 0 aliphatic carbocycles. The van der Waals surface area contributed by atoms with E-state index in [4.69, 9.17) is 5.11 Å². The molecule has 1 nitrogen and oxygen atoms in total. The predicted octanol–water partition coefficient (Wildman–Crippen LogP) is 1.39. The maximum absolute atomic E-state index is 8.85. The van der Waals surface area contributed by atoms with E-state index in [1.54, 1.807) is 31.4 Å². The summed E-state index contributed by atoms with van der Waals surface area (Å²) >= 11 is 0. The van der Waals surface area contributed by atoms with Crippen molar-refractivity contribution in [2.24, 2.45) is 0 Å². The molecule has 0 aromatic carbocycles. The lowest BCUT2D eigenvalue weighted by atomic mass is 10.5. The molecule has 0 aromatic heterocycles. The first-order valence-electron chi connectivity index (χ1n) is 1.99. The van der Waals surface area contributed by atoms with Crippen molar-refractivity contribution in [3.8, 4) is 0 Å². The lowest BCUT2D eigenvalue weighted by Gasteiger charge is -2.12. The Hall–Kier alpha value is 1.01. The number of hydrogen-bond donors (Lipinski definition) is 1. The van der Waals surface area contributed by atoms with Gasteiger partial charge in [-0.1, -0.05) is 21.6 Å². The van der Waals surface area contributed by atoms with Gasteiger partial charge in [0.05, 0.1) is 6.10 Å². The molecule has 1 aliphatic rings. The molecule has 0 aromatic rings. The van der Waals surface area contributed by atoms with Crippen LogP contribution in [0, 0.1) is 0 Å². The van der Waals surface area contributed by atoms with Crippen LogP contribution in [0.2, 0.25) is 0 Å². The highest BCUT2D eigenvalue weighted by Gasteiger charge is 2.09. The highest BCUT2D eigenvalue weighted by Crippen LogP contribution is 2.39. The van der Waals surface area contributed by atoms with E-state index >= 15 is 0 Å². The summed E-state index contributed by atoms with van der Waals surface area (Å²) in [6.07, 6.45) is -0.0590. The van der Waals surface area contributed by atoms with Crippen LogP contribution in [0.15, 0.2) is 0 Å². The largest absolute Gasteiger partial charge is 0.391 e. The van der Waals surface area contributed by atoms with Gasteiger partial charge in [0, 0.05) is 11.5 Å². The fraction of sp³-hybridized carbons (Fsp3) is 1.00. The minimum atomic E-state index is -0.0590. The normalized spacial score (nSPS) is 25.3. The Labute approximate surface area is 54.4 Å². The fourth-order valence-electron chi connectivity index (χ4n) is 0.295. The Bertz CT molecular complexity index is 52.1. The zero-order valence-electron chi connectivity index (χ0n) is 3.66. The van der Waals surface area contributed by atoms with Gasteiger partial charge >= 0.3 is 0 Å². The van der Waals surface area contributed by atoms with Crippen molar-refractivity contribution in [3.63, 3.8) is 0 Å². The molecule has 1 fully saturated rings. The minimum Gasteiger partial charge on any atom is -0.391 e. The topological polar surface area (TPSA) is 20.2 Å². The van der Waals surface area contributed by atoms with Gasteiger partial charge in [-0.3, -0.25) is 0 Å². The van der Waals surface area contributed by atoms with Gasteiger partial charge in [-0.15, -0.1) is 0 Å². The van der Waals surface area contributed by atoms with E-state index in [1.165, 1.54) is 0 Å². The highest BCUT2D eigenvalue weighted by atomic mass is 33.5. The van der Waals surface area contributed by atoms with Gasteiger partial charge in [0.2, 0.25) is 0 Å². The summed E-state index contributed by atoms with van der Waals surface area (Å²) in [4.78, 5) is 0. The quantitative estimate of drug-likeness (QED) is 0.532. The van der Waals surface area contributed by atoms with Crippen molar-refractivity contribution in [2.75, 3.05) is 11.5 Å². The third-order valence-corrected chi connectivity index (χ3v) is 4.98. The van der Waals surface area contributed by atoms with E-state index in [2.05, 4.69) is 0 Å². The second-order valence-corrected chi connectivity index (χ2v) is 5.61. The fourth-order valence-corrected chi connectivity index (χ4v) is 4.27. The Kier molecular flexibility index (Phi) is 2.73. The molecule has 0 saturated carbocycles. The Balaban J connectivity index is 2.12. The van der Waals surface area contributed by atoms with Crippen molar-refractivity contribution in [1.29, 1.82) is 0 Å². The molecule has 0 unspecified atom stereocenters. The van der Waals surface area contributed by atoms with Crippen LogP contribution in [0.25, 0.3) is 0 Å². The maximum Gasteiger partial charge on any atom is 0.0738 e. The zero-order chi connectivity index (χ0) is 5.11. The van der Waals surface area contributed by atoms with Gasteiger partial charge in [0.1, 0.15) is 0 Å². The first-order valence-corrected chi connectivity index (χ1v) is 5.81. The van der Waals surface area contributed by atoms with E-state index < -0.39 is 0 Å². The summed E-state index contributed by atoms with van der Waals surface area (Å²) in [5.74, 6) is 1.80. The monoisotopic (exact) mass is 154 g/mol. The lowest BCUT2D eigenvalue weighted by molar-refractivity contribution is 0.225. The average Bonchev–Trinajstić information content (AvgIpc) is 1.69. The molecule has 7 heavy (non-hydrogen) atoms. The minimum absolute atomic E-state index is 0.0590. The summed E-state index contributed by atoms with van der Waals surface area (Å²) in [6.45, 7) is 0. The molecule has 0 amide bonds. The van der Waals surface area contributed by atoms with Crippen LogP contribution in [0.4, 0.5) is 0 Å². The Morgan fingerprint density at radius 1 is 1.29 bits per heavy atom. The molecule has 1 rings (SSSR count). The van der Waals surface area contributed by atoms with Crippen LogP contribution in [0.3, 0.4) is 0 Å². The average molecular weight is 154 g/mol. The van der Waals surface area contributed by atoms with E-state index in [-0.39, 0.29) is 6.10 Å². The molecular formula is C3H6OS3. The molecule has 1 N–H and O–H groups in total. The molecule has 1 aliphatic heterocycles. The summed E-state index contributed by atoms with van der Waals surface area (Å²) in [6, 6.07) is 0. The van der Waals surface area contributed by atoms with Crippen molar-refractivity contribution in [2.45, 2.75) is 6.10 Å². The summed E-state index contributed by atoms with van der Waals surface area (Å²) in [5, 5.41) is 8.85. The smallest absolute Gasteiger partial charge is 0.0738 e.